The lowest BCUT2D eigenvalue weighted by Crippen LogP contribution is -2.26. The van der Waals surface area contributed by atoms with Crippen molar-refractivity contribution >= 4 is 0 Å². The van der Waals surface area contributed by atoms with E-state index in [-0.39, 0.29) is 0 Å². The molecule has 2 N–H and O–H groups in total. The minimum absolute atomic E-state index is 0.449. The SMILES string of the molecule is CC1CCC(OCc2ccc(CN)cc2)CC1C. The van der Waals surface area contributed by atoms with E-state index >= 15 is 0 Å². The van der Waals surface area contributed by atoms with Gasteiger partial charge in [-0.2, -0.15) is 0 Å². The summed E-state index contributed by atoms with van der Waals surface area (Å²) in [5.41, 5.74) is 8.02. The fourth-order valence-electron chi connectivity index (χ4n) is 2.64. The van der Waals surface area contributed by atoms with Crippen molar-refractivity contribution in [2.24, 2.45) is 17.6 Å². The molecular weight excluding hydrogens is 222 g/mol. The van der Waals surface area contributed by atoms with Gasteiger partial charge in [0.25, 0.3) is 0 Å². The highest BCUT2D eigenvalue weighted by molar-refractivity contribution is 5.21. The summed E-state index contributed by atoms with van der Waals surface area (Å²) in [6.07, 6.45) is 4.18. The molecule has 1 saturated carbocycles. The Morgan fingerprint density at radius 1 is 1.06 bits per heavy atom. The van der Waals surface area contributed by atoms with Crippen molar-refractivity contribution in [3.05, 3.63) is 35.4 Å². The maximum Gasteiger partial charge on any atom is 0.0720 e. The first-order valence-corrected chi connectivity index (χ1v) is 7.08. The zero-order valence-electron chi connectivity index (χ0n) is 11.6. The summed E-state index contributed by atoms with van der Waals surface area (Å²) in [5.74, 6) is 1.65. The molecule has 0 spiro atoms. The van der Waals surface area contributed by atoms with Gasteiger partial charge in [-0.15, -0.1) is 0 Å². The molecule has 1 fully saturated rings. The van der Waals surface area contributed by atoms with E-state index in [2.05, 4.69) is 38.1 Å². The number of rotatable bonds is 4. The first-order valence-electron chi connectivity index (χ1n) is 7.08. The molecule has 0 heterocycles. The molecule has 3 unspecified atom stereocenters. The van der Waals surface area contributed by atoms with Crippen LogP contribution in [-0.4, -0.2) is 6.10 Å². The fourth-order valence-corrected chi connectivity index (χ4v) is 2.64. The van der Waals surface area contributed by atoms with E-state index in [1.807, 2.05) is 0 Å². The highest BCUT2D eigenvalue weighted by Crippen LogP contribution is 2.31. The Balaban J connectivity index is 1.80. The normalized spacial score (nSPS) is 28.3. The highest BCUT2D eigenvalue weighted by Gasteiger charge is 2.24. The molecule has 3 atom stereocenters. The van der Waals surface area contributed by atoms with E-state index < -0.39 is 0 Å². The van der Waals surface area contributed by atoms with Gasteiger partial charge in [0, 0.05) is 6.54 Å². The van der Waals surface area contributed by atoms with Gasteiger partial charge in [-0.1, -0.05) is 38.1 Å². The van der Waals surface area contributed by atoms with Crippen molar-refractivity contribution < 1.29 is 4.74 Å². The molecule has 1 aliphatic carbocycles. The Morgan fingerprint density at radius 2 is 1.72 bits per heavy atom. The van der Waals surface area contributed by atoms with Crippen LogP contribution in [0.3, 0.4) is 0 Å². The van der Waals surface area contributed by atoms with Crippen molar-refractivity contribution in [3.63, 3.8) is 0 Å². The van der Waals surface area contributed by atoms with Crippen LogP contribution in [0.2, 0.25) is 0 Å². The summed E-state index contributed by atoms with van der Waals surface area (Å²) in [6, 6.07) is 8.42. The molecule has 0 amide bonds. The van der Waals surface area contributed by atoms with Gasteiger partial charge in [0.05, 0.1) is 12.7 Å². The first kappa shape index (κ1) is 13.6. The molecule has 0 bridgehead atoms. The lowest BCUT2D eigenvalue weighted by molar-refractivity contribution is -0.00745. The molecule has 0 saturated heterocycles. The Hall–Kier alpha value is -0.860. The third-order valence-electron chi connectivity index (χ3n) is 4.29. The van der Waals surface area contributed by atoms with Crippen molar-refractivity contribution in [2.75, 3.05) is 0 Å². The second-order valence-corrected chi connectivity index (χ2v) is 5.72. The number of hydrogen-bond donors (Lipinski definition) is 1. The second kappa shape index (κ2) is 6.35. The lowest BCUT2D eigenvalue weighted by atomic mass is 9.80. The van der Waals surface area contributed by atoms with Crippen LogP contribution in [0, 0.1) is 11.8 Å². The third-order valence-corrected chi connectivity index (χ3v) is 4.29. The zero-order chi connectivity index (χ0) is 13.0. The molecule has 0 aliphatic heterocycles. The summed E-state index contributed by atoms with van der Waals surface area (Å²) in [5, 5.41) is 0. The monoisotopic (exact) mass is 247 g/mol. The molecule has 0 aromatic heterocycles. The number of ether oxygens (including phenoxy) is 1. The second-order valence-electron chi connectivity index (χ2n) is 5.72. The maximum absolute atomic E-state index is 6.03. The summed E-state index contributed by atoms with van der Waals surface area (Å²) >= 11 is 0. The van der Waals surface area contributed by atoms with E-state index in [4.69, 9.17) is 10.5 Å². The van der Waals surface area contributed by atoms with Crippen LogP contribution in [-0.2, 0) is 17.9 Å². The Morgan fingerprint density at radius 3 is 2.33 bits per heavy atom. The maximum atomic E-state index is 6.03. The lowest BCUT2D eigenvalue weighted by Gasteiger charge is -2.32. The topological polar surface area (TPSA) is 35.2 Å². The van der Waals surface area contributed by atoms with Gasteiger partial charge in [0.15, 0.2) is 0 Å². The predicted molar refractivity (Wildman–Crippen MR) is 75.1 cm³/mol. The van der Waals surface area contributed by atoms with Crippen molar-refractivity contribution in [1.82, 2.24) is 0 Å². The summed E-state index contributed by atoms with van der Waals surface area (Å²) < 4.78 is 6.03. The van der Waals surface area contributed by atoms with Crippen molar-refractivity contribution in [3.8, 4) is 0 Å². The van der Waals surface area contributed by atoms with Gasteiger partial charge in [-0.05, 0) is 42.2 Å². The standard InChI is InChI=1S/C16H25NO/c1-12-3-8-16(9-13(12)2)18-11-15-6-4-14(10-17)5-7-15/h4-7,12-13,16H,3,8-11,17H2,1-2H3. The van der Waals surface area contributed by atoms with E-state index in [0.29, 0.717) is 12.6 Å². The smallest absolute Gasteiger partial charge is 0.0720 e. The van der Waals surface area contributed by atoms with Gasteiger partial charge >= 0.3 is 0 Å². The van der Waals surface area contributed by atoms with Crippen LogP contribution < -0.4 is 5.73 Å². The minimum Gasteiger partial charge on any atom is -0.374 e. The molecule has 100 valence electrons. The minimum atomic E-state index is 0.449. The van der Waals surface area contributed by atoms with Crippen LogP contribution in [0.25, 0.3) is 0 Å². The number of nitrogens with two attached hydrogens (primary N) is 1. The molecule has 1 aromatic carbocycles. The molecule has 18 heavy (non-hydrogen) atoms. The van der Waals surface area contributed by atoms with Gasteiger partial charge in [0.2, 0.25) is 0 Å². The molecule has 2 rings (SSSR count). The van der Waals surface area contributed by atoms with Crippen LogP contribution in [0.4, 0.5) is 0 Å². The quantitative estimate of drug-likeness (QED) is 0.884. The first-order chi connectivity index (χ1) is 8.69. The Labute approximate surface area is 111 Å². The summed E-state index contributed by atoms with van der Waals surface area (Å²) in [7, 11) is 0. The molecular formula is C16H25NO. The molecule has 0 radical (unpaired) electrons. The van der Waals surface area contributed by atoms with E-state index in [9.17, 15) is 0 Å². The van der Waals surface area contributed by atoms with Crippen molar-refractivity contribution in [2.45, 2.75) is 52.4 Å². The number of hydrogen-bond acceptors (Lipinski definition) is 2. The summed E-state index contributed by atoms with van der Waals surface area (Å²) in [4.78, 5) is 0. The summed E-state index contributed by atoms with van der Waals surface area (Å²) in [6.45, 7) is 6.04. The average Bonchev–Trinajstić information content (AvgIpc) is 2.41. The van der Waals surface area contributed by atoms with E-state index in [1.54, 1.807) is 0 Å². The van der Waals surface area contributed by atoms with Gasteiger partial charge in [0.1, 0.15) is 0 Å². The molecule has 1 aliphatic rings. The zero-order valence-corrected chi connectivity index (χ0v) is 11.6. The van der Waals surface area contributed by atoms with Crippen LogP contribution in [0.1, 0.15) is 44.2 Å². The predicted octanol–water partition coefficient (Wildman–Crippen LogP) is 3.49. The van der Waals surface area contributed by atoms with Gasteiger partial charge < -0.3 is 10.5 Å². The fraction of sp³-hybridized carbons (Fsp3) is 0.625. The third kappa shape index (κ3) is 3.56. The van der Waals surface area contributed by atoms with E-state index in [1.165, 1.54) is 30.4 Å². The number of benzene rings is 1. The van der Waals surface area contributed by atoms with Crippen molar-refractivity contribution in [1.29, 1.82) is 0 Å². The molecule has 2 nitrogen and oxygen atoms in total. The Kier molecular flexibility index (Phi) is 4.79. The molecule has 2 heteroatoms. The van der Waals surface area contributed by atoms with Crippen LogP contribution in [0.15, 0.2) is 24.3 Å². The average molecular weight is 247 g/mol. The van der Waals surface area contributed by atoms with E-state index in [0.717, 1.165) is 18.4 Å². The van der Waals surface area contributed by atoms with Gasteiger partial charge in [-0.25, -0.2) is 0 Å². The van der Waals surface area contributed by atoms with Gasteiger partial charge in [-0.3, -0.25) is 0 Å². The highest BCUT2D eigenvalue weighted by atomic mass is 16.5. The Bertz CT molecular complexity index is 360. The van der Waals surface area contributed by atoms with Crippen LogP contribution >= 0.6 is 0 Å². The van der Waals surface area contributed by atoms with Crippen LogP contribution in [0.5, 0.6) is 0 Å². The molecule has 1 aromatic rings. The largest absolute Gasteiger partial charge is 0.374 e.